The van der Waals surface area contributed by atoms with Crippen molar-refractivity contribution in [3.05, 3.63) is 0 Å². The minimum absolute atomic E-state index is 0.107. The maximum atomic E-state index is 12.0. The molecule has 0 saturated carbocycles. The van der Waals surface area contributed by atoms with E-state index in [-0.39, 0.29) is 5.91 Å². The Morgan fingerprint density at radius 1 is 1.20 bits per heavy atom. The van der Waals surface area contributed by atoms with Gasteiger partial charge in [-0.25, -0.2) is 4.79 Å². The van der Waals surface area contributed by atoms with Crippen molar-refractivity contribution in [1.82, 2.24) is 10.2 Å². The second kappa shape index (κ2) is 8.79. The average molecular weight is 288 g/mol. The summed E-state index contributed by atoms with van der Waals surface area (Å²) >= 11 is 0. The zero-order chi connectivity index (χ0) is 15.8. The van der Waals surface area contributed by atoms with Crippen molar-refractivity contribution in [1.29, 1.82) is 0 Å². The molecule has 1 rings (SSSR count). The van der Waals surface area contributed by atoms with Gasteiger partial charge in [0, 0.05) is 13.1 Å². The summed E-state index contributed by atoms with van der Waals surface area (Å²) in [5.41, 5.74) is -0.564. The van der Waals surface area contributed by atoms with E-state index in [9.17, 15) is 9.59 Å². The molecule has 0 aromatic carbocycles. The Balaban J connectivity index is 0.00000172. The number of hydrogen-bond acceptors (Lipinski definition) is 4. The van der Waals surface area contributed by atoms with E-state index in [1.165, 1.54) is 0 Å². The molecule has 2 amide bonds. The summed E-state index contributed by atoms with van der Waals surface area (Å²) in [6.45, 7) is 13.2. The van der Waals surface area contributed by atoms with E-state index in [1.807, 2.05) is 13.8 Å². The standard InChI is InChI=1S/C12H22N2O4.C2H6/c1-9(13-11(16)18-12(2,3)4)10(15)14-5-7-17-8-6-14;1-2/h9H,5-8H2,1-4H3,(H,13,16);1-2H3. The number of alkyl carbamates (subject to hydrolysis) is 1. The van der Waals surface area contributed by atoms with Crippen molar-refractivity contribution in [2.45, 2.75) is 53.2 Å². The minimum atomic E-state index is -0.585. The molecule has 0 aromatic rings. The Morgan fingerprint density at radius 2 is 1.70 bits per heavy atom. The van der Waals surface area contributed by atoms with Gasteiger partial charge >= 0.3 is 6.09 Å². The molecule has 0 aliphatic carbocycles. The largest absolute Gasteiger partial charge is 0.444 e. The third kappa shape index (κ3) is 7.33. The van der Waals surface area contributed by atoms with Crippen LogP contribution in [0.2, 0.25) is 0 Å². The molecule has 1 aliphatic heterocycles. The van der Waals surface area contributed by atoms with Crippen LogP contribution in [-0.4, -0.2) is 54.8 Å². The summed E-state index contributed by atoms with van der Waals surface area (Å²) in [7, 11) is 0. The van der Waals surface area contributed by atoms with Gasteiger partial charge in [0.25, 0.3) is 0 Å². The molecule has 6 nitrogen and oxygen atoms in total. The lowest BCUT2D eigenvalue weighted by Crippen LogP contribution is -2.51. The van der Waals surface area contributed by atoms with Gasteiger partial charge in [0.2, 0.25) is 5.91 Å². The lowest BCUT2D eigenvalue weighted by atomic mass is 10.2. The number of carbonyl (C=O) groups is 2. The SMILES string of the molecule is CC.CC(NC(=O)OC(C)(C)C)C(=O)N1CCOCC1. The zero-order valence-electron chi connectivity index (χ0n) is 13.5. The quantitative estimate of drug-likeness (QED) is 0.841. The fourth-order valence-corrected chi connectivity index (χ4v) is 1.60. The number of amides is 2. The Labute approximate surface area is 121 Å². The van der Waals surface area contributed by atoms with Crippen LogP contribution in [-0.2, 0) is 14.3 Å². The van der Waals surface area contributed by atoms with Crippen LogP contribution in [0.3, 0.4) is 0 Å². The van der Waals surface area contributed by atoms with Gasteiger partial charge in [-0.15, -0.1) is 0 Å². The Kier molecular flexibility index (Phi) is 8.22. The van der Waals surface area contributed by atoms with Crippen molar-refractivity contribution in [3.8, 4) is 0 Å². The van der Waals surface area contributed by atoms with Gasteiger partial charge < -0.3 is 19.7 Å². The highest BCUT2D eigenvalue weighted by Gasteiger charge is 2.25. The normalized spacial score (nSPS) is 16.6. The molecule has 1 saturated heterocycles. The van der Waals surface area contributed by atoms with E-state index < -0.39 is 17.7 Å². The second-order valence-electron chi connectivity index (χ2n) is 5.31. The van der Waals surface area contributed by atoms with Crippen LogP contribution in [0.5, 0.6) is 0 Å². The van der Waals surface area contributed by atoms with E-state index in [0.717, 1.165) is 0 Å². The van der Waals surface area contributed by atoms with Crippen molar-refractivity contribution >= 4 is 12.0 Å². The molecule has 6 heteroatoms. The monoisotopic (exact) mass is 288 g/mol. The molecule has 1 heterocycles. The highest BCUT2D eigenvalue weighted by atomic mass is 16.6. The highest BCUT2D eigenvalue weighted by molar-refractivity contribution is 5.85. The summed E-state index contributed by atoms with van der Waals surface area (Å²) in [5, 5.41) is 2.54. The summed E-state index contributed by atoms with van der Waals surface area (Å²) in [6, 6.07) is -0.585. The molecule has 0 bridgehead atoms. The molecular formula is C14H28N2O4. The summed E-state index contributed by atoms with van der Waals surface area (Å²) in [4.78, 5) is 25.2. The fourth-order valence-electron chi connectivity index (χ4n) is 1.60. The fraction of sp³-hybridized carbons (Fsp3) is 0.857. The Hall–Kier alpha value is -1.30. The average Bonchev–Trinajstić information content (AvgIpc) is 2.39. The number of nitrogens with one attached hydrogen (secondary N) is 1. The topological polar surface area (TPSA) is 67.9 Å². The number of nitrogens with zero attached hydrogens (tertiary/aromatic N) is 1. The first-order valence-corrected chi connectivity index (χ1v) is 7.15. The Bertz CT molecular complexity index is 307. The van der Waals surface area contributed by atoms with E-state index >= 15 is 0 Å². The number of ether oxygens (including phenoxy) is 2. The number of carbonyl (C=O) groups excluding carboxylic acids is 2. The zero-order valence-corrected chi connectivity index (χ0v) is 13.5. The maximum absolute atomic E-state index is 12.0. The molecule has 1 aliphatic rings. The van der Waals surface area contributed by atoms with Crippen molar-refractivity contribution in [2.24, 2.45) is 0 Å². The van der Waals surface area contributed by atoms with Gasteiger partial charge in [-0.1, -0.05) is 13.8 Å². The number of hydrogen-bond donors (Lipinski definition) is 1. The molecule has 0 spiro atoms. The van der Waals surface area contributed by atoms with Crippen LogP contribution in [0.15, 0.2) is 0 Å². The predicted octanol–water partition coefficient (Wildman–Crippen LogP) is 1.78. The first-order valence-electron chi connectivity index (χ1n) is 7.15. The molecule has 1 N–H and O–H groups in total. The smallest absolute Gasteiger partial charge is 0.408 e. The van der Waals surface area contributed by atoms with Crippen LogP contribution in [0.1, 0.15) is 41.5 Å². The van der Waals surface area contributed by atoms with E-state index in [0.29, 0.717) is 26.3 Å². The Morgan fingerprint density at radius 3 is 2.15 bits per heavy atom. The molecule has 1 unspecified atom stereocenters. The van der Waals surface area contributed by atoms with Gasteiger partial charge in [-0.3, -0.25) is 4.79 Å². The first kappa shape index (κ1) is 18.7. The van der Waals surface area contributed by atoms with Crippen molar-refractivity contribution in [3.63, 3.8) is 0 Å². The molecular weight excluding hydrogens is 260 g/mol. The van der Waals surface area contributed by atoms with E-state index in [2.05, 4.69) is 5.32 Å². The van der Waals surface area contributed by atoms with Crippen LogP contribution >= 0.6 is 0 Å². The molecule has 118 valence electrons. The number of morpholine rings is 1. The third-order valence-electron chi connectivity index (χ3n) is 2.43. The lowest BCUT2D eigenvalue weighted by molar-refractivity contribution is -0.137. The maximum Gasteiger partial charge on any atom is 0.408 e. The first-order chi connectivity index (χ1) is 9.29. The van der Waals surface area contributed by atoms with E-state index in [4.69, 9.17) is 9.47 Å². The predicted molar refractivity (Wildman–Crippen MR) is 77.6 cm³/mol. The molecule has 0 radical (unpaired) electrons. The number of rotatable bonds is 2. The summed E-state index contributed by atoms with van der Waals surface area (Å²) < 4.78 is 10.3. The van der Waals surface area contributed by atoms with Crippen LogP contribution in [0, 0.1) is 0 Å². The van der Waals surface area contributed by atoms with Crippen LogP contribution in [0.4, 0.5) is 4.79 Å². The van der Waals surface area contributed by atoms with Gasteiger partial charge in [0.05, 0.1) is 13.2 Å². The van der Waals surface area contributed by atoms with Crippen molar-refractivity contribution < 1.29 is 19.1 Å². The summed E-state index contributed by atoms with van der Waals surface area (Å²) in [6.07, 6.45) is -0.573. The third-order valence-corrected chi connectivity index (χ3v) is 2.43. The molecule has 1 atom stereocenters. The van der Waals surface area contributed by atoms with Gasteiger partial charge in [0.1, 0.15) is 11.6 Å². The summed E-state index contributed by atoms with van der Waals surface area (Å²) in [5.74, 6) is -0.107. The van der Waals surface area contributed by atoms with Gasteiger partial charge in [-0.05, 0) is 27.7 Å². The van der Waals surface area contributed by atoms with Crippen LogP contribution in [0.25, 0.3) is 0 Å². The molecule has 0 aromatic heterocycles. The molecule has 20 heavy (non-hydrogen) atoms. The highest BCUT2D eigenvalue weighted by Crippen LogP contribution is 2.07. The van der Waals surface area contributed by atoms with E-state index in [1.54, 1.807) is 32.6 Å². The second-order valence-corrected chi connectivity index (χ2v) is 5.31. The lowest BCUT2D eigenvalue weighted by Gasteiger charge is -2.29. The molecule has 1 fully saturated rings. The minimum Gasteiger partial charge on any atom is -0.444 e. The van der Waals surface area contributed by atoms with Crippen LogP contribution < -0.4 is 5.32 Å². The van der Waals surface area contributed by atoms with Gasteiger partial charge in [0.15, 0.2) is 0 Å². The van der Waals surface area contributed by atoms with Gasteiger partial charge in [-0.2, -0.15) is 0 Å². The van der Waals surface area contributed by atoms with Crippen molar-refractivity contribution in [2.75, 3.05) is 26.3 Å².